The van der Waals surface area contributed by atoms with Crippen LogP contribution in [0.15, 0.2) is 18.2 Å². The van der Waals surface area contributed by atoms with E-state index in [0.29, 0.717) is 5.56 Å². The van der Waals surface area contributed by atoms with Crippen molar-refractivity contribution in [3.63, 3.8) is 0 Å². The minimum atomic E-state index is -1.69. The van der Waals surface area contributed by atoms with E-state index >= 15 is 0 Å². The molecule has 1 aliphatic rings. The fourth-order valence-electron chi connectivity index (χ4n) is 2.57. The predicted molar refractivity (Wildman–Crippen MR) is 85.5 cm³/mol. The summed E-state index contributed by atoms with van der Waals surface area (Å²) in [5.74, 6) is -2.92. The van der Waals surface area contributed by atoms with Gasteiger partial charge in [-0.05, 0) is 37.5 Å². The summed E-state index contributed by atoms with van der Waals surface area (Å²) < 4.78 is 5.34. The van der Waals surface area contributed by atoms with Gasteiger partial charge in [0.05, 0.1) is 5.92 Å². The maximum absolute atomic E-state index is 11.8. The van der Waals surface area contributed by atoms with Crippen LogP contribution in [0.3, 0.4) is 0 Å². The average Bonchev–Trinajstić information content (AvgIpc) is 3.34. The number of esters is 1. The summed E-state index contributed by atoms with van der Waals surface area (Å²) in [5, 5.41) is 28.5. The molecule has 0 saturated heterocycles. The molecule has 0 radical (unpaired) electrons. The number of benzene rings is 1. The van der Waals surface area contributed by atoms with E-state index in [1.807, 2.05) is 0 Å². The lowest BCUT2D eigenvalue weighted by Crippen LogP contribution is -2.58. The molecule has 0 heterocycles. The summed E-state index contributed by atoms with van der Waals surface area (Å²) in [7, 11) is 0. The van der Waals surface area contributed by atoms with Crippen LogP contribution in [0.4, 0.5) is 0 Å². The number of rotatable bonds is 7. The summed E-state index contributed by atoms with van der Waals surface area (Å²) in [6, 6.07) is 4.04. The van der Waals surface area contributed by atoms with Crippen LogP contribution in [0, 0.1) is 11.8 Å². The third-order valence-electron chi connectivity index (χ3n) is 4.66. The van der Waals surface area contributed by atoms with Crippen LogP contribution in [0.5, 0.6) is 11.5 Å². The Morgan fingerprint density at radius 3 is 2.42 bits per heavy atom. The van der Waals surface area contributed by atoms with E-state index in [4.69, 9.17) is 10.5 Å². The summed E-state index contributed by atoms with van der Waals surface area (Å²) in [6.45, 7) is 3.25. The van der Waals surface area contributed by atoms with Crippen LogP contribution >= 0.6 is 0 Å². The molecule has 5 N–H and O–H groups in total. The Hall–Kier alpha value is -2.28. The Morgan fingerprint density at radius 2 is 1.92 bits per heavy atom. The number of carboxylic acid groups (broad SMARTS) is 1. The van der Waals surface area contributed by atoms with E-state index in [0.717, 1.165) is 12.8 Å². The second-order valence-electron chi connectivity index (χ2n) is 6.55. The lowest BCUT2D eigenvalue weighted by atomic mass is 9.78. The molecule has 0 amide bonds. The van der Waals surface area contributed by atoms with Crippen molar-refractivity contribution >= 4 is 11.9 Å². The van der Waals surface area contributed by atoms with Gasteiger partial charge < -0.3 is 25.8 Å². The van der Waals surface area contributed by atoms with Gasteiger partial charge in [-0.3, -0.25) is 9.59 Å². The molecule has 7 heteroatoms. The lowest BCUT2D eigenvalue weighted by Gasteiger charge is -2.35. The van der Waals surface area contributed by atoms with Gasteiger partial charge in [-0.25, -0.2) is 0 Å². The molecule has 2 rings (SSSR count). The maximum atomic E-state index is 11.8. The molecule has 0 unspecified atom stereocenters. The number of carbonyl (C=O) groups is 2. The SMILES string of the molecule is C[C@H]([C@@H](C)OC(=O)C1CC1)[C@](N)(Cc1ccc(O)c(O)c1)C(=O)O. The zero-order valence-electron chi connectivity index (χ0n) is 13.7. The van der Waals surface area contributed by atoms with Gasteiger partial charge in [0.15, 0.2) is 11.5 Å². The molecule has 3 atom stereocenters. The Kier molecular flexibility index (Phi) is 5.03. The number of aromatic hydroxyl groups is 2. The Bertz CT molecular complexity index is 642. The van der Waals surface area contributed by atoms with Crippen LogP contribution < -0.4 is 5.73 Å². The highest BCUT2D eigenvalue weighted by molar-refractivity contribution is 5.80. The minimum absolute atomic E-state index is 0.0781. The topological polar surface area (TPSA) is 130 Å². The molecule has 1 fully saturated rings. The smallest absolute Gasteiger partial charge is 0.324 e. The highest BCUT2D eigenvalue weighted by Crippen LogP contribution is 2.33. The molecule has 0 aromatic heterocycles. The van der Waals surface area contributed by atoms with E-state index in [-0.39, 0.29) is 29.8 Å². The molecule has 7 nitrogen and oxygen atoms in total. The number of phenols is 2. The summed E-state index contributed by atoms with van der Waals surface area (Å²) >= 11 is 0. The van der Waals surface area contributed by atoms with E-state index in [1.165, 1.54) is 18.2 Å². The third-order valence-corrected chi connectivity index (χ3v) is 4.66. The first-order valence-corrected chi connectivity index (χ1v) is 7.88. The van der Waals surface area contributed by atoms with Crippen molar-refractivity contribution in [3.05, 3.63) is 23.8 Å². The fraction of sp³-hybridized carbons (Fsp3) is 0.529. The number of hydrogen-bond acceptors (Lipinski definition) is 6. The first-order chi connectivity index (χ1) is 11.1. The van der Waals surface area contributed by atoms with Gasteiger partial charge in [0, 0.05) is 12.3 Å². The first kappa shape index (κ1) is 18.1. The number of phenolic OH excluding ortho intramolecular Hbond substituents is 2. The number of carbonyl (C=O) groups excluding carboxylic acids is 1. The molecule has 1 aliphatic carbocycles. The van der Waals surface area contributed by atoms with Crippen molar-refractivity contribution in [3.8, 4) is 11.5 Å². The summed E-state index contributed by atoms with van der Waals surface area (Å²) in [4.78, 5) is 23.6. The summed E-state index contributed by atoms with van der Waals surface area (Å²) in [5.41, 5.74) is 4.91. The molecule has 132 valence electrons. The van der Waals surface area contributed by atoms with Gasteiger partial charge in [0.25, 0.3) is 0 Å². The van der Waals surface area contributed by atoms with Crippen molar-refractivity contribution in [1.82, 2.24) is 0 Å². The molecular weight excluding hydrogens is 314 g/mol. The van der Waals surface area contributed by atoms with E-state index in [2.05, 4.69) is 0 Å². The molecule has 1 aromatic carbocycles. The fourth-order valence-corrected chi connectivity index (χ4v) is 2.57. The number of aliphatic carboxylic acids is 1. The standard InChI is InChI=1S/C17H23NO6/c1-9(10(2)24-15(21)12-4-5-12)17(18,16(22)23)8-11-3-6-13(19)14(20)7-11/h3,6-7,9-10,12,19-20H,4-5,8,18H2,1-2H3,(H,22,23)/t9-,10-,17-/m1/s1. The molecular formula is C17H23NO6. The van der Waals surface area contributed by atoms with Crippen molar-refractivity contribution in [2.75, 3.05) is 0 Å². The van der Waals surface area contributed by atoms with E-state index in [1.54, 1.807) is 13.8 Å². The highest BCUT2D eigenvalue weighted by atomic mass is 16.5. The number of nitrogens with two attached hydrogens (primary N) is 1. The average molecular weight is 337 g/mol. The minimum Gasteiger partial charge on any atom is -0.504 e. The van der Waals surface area contributed by atoms with Gasteiger partial charge in [0.1, 0.15) is 11.6 Å². The van der Waals surface area contributed by atoms with Gasteiger partial charge in [-0.1, -0.05) is 13.0 Å². The maximum Gasteiger partial charge on any atom is 0.324 e. The number of carboxylic acids is 1. The van der Waals surface area contributed by atoms with Crippen LogP contribution in [-0.2, 0) is 20.7 Å². The molecule has 0 bridgehead atoms. The second-order valence-corrected chi connectivity index (χ2v) is 6.55. The Balaban J connectivity index is 2.16. The Morgan fingerprint density at radius 1 is 1.29 bits per heavy atom. The molecule has 0 spiro atoms. The van der Waals surface area contributed by atoms with Crippen molar-refractivity contribution in [1.29, 1.82) is 0 Å². The van der Waals surface area contributed by atoms with E-state index < -0.39 is 23.5 Å². The van der Waals surface area contributed by atoms with Crippen LogP contribution in [0.1, 0.15) is 32.3 Å². The van der Waals surface area contributed by atoms with Crippen molar-refractivity contribution in [2.45, 2.75) is 44.8 Å². The molecule has 24 heavy (non-hydrogen) atoms. The second kappa shape index (κ2) is 6.68. The third kappa shape index (κ3) is 3.79. The van der Waals surface area contributed by atoms with E-state index in [9.17, 15) is 24.9 Å². The monoisotopic (exact) mass is 337 g/mol. The van der Waals surface area contributed by atoms with Crippen LogP contribution in [0.25, 0.3) is 0 Å². The van der Waals surface area contributed by atoms with Gasteiger partial charge in [-0.15, -0.1) is 0 Å². The zero-order valence-corrected chi connectivity index (χ0v) is 13.7. The first-order valence-electron chi connectivity index (χ1n) is 7.88. The summed E-state index contributed by atoms with van der Waals surface area (Å²) in [6.07, 6.45) is 0.867. The van der Waals surface area contributed by atoms with Gasteiger partial charge in [0.2, 0.25) is 0 Å². The van der Waals surface area contributed by atoms with Crippen LogP contribution in [0.2, 0.25) is 0 Å². The molecule has 0 aliphatic heterocycles. The predicted octanol–water partition coefficient (Wildman–Crippen LogP) is 1.40. The quantitative estimate of drug-likeness (QED) is 0.437. The Labute approximate surface area is 140 Å². The van der Waals surface area contributed by atoms with Crippen molar-refractivity contribution < 1.29 is 29.6 Å². The van der Waals surface area contributed by atoms with Gasteiger partial charge >= 0.3 is 11.9 Å². The highest BCUT2D eigenvalue weighted by Gasteiger charge is 2.44. The lowest BCUT2D eigenvalue weighted by molar-refractivity contribution is -0.158. The number of ether oxygens (including phenoxy) is 1. The zero-order chi connectivity index (χ0) is 18.1. The van der Waals surface area contributed by atoms with Crippen molar-refractivity contribution in [2.24, 2.45) is 17.6 Å². The number of hydrogen-bond donors (Lipinski definition) is 4. The normalized spacial score (nSPS) is 19.1. The molecule has 1 saturated carbocycles. The van der Waals surface area contributed by atoms with Crippen LogP contribution in [-0.4, -0.2) is 38.9 Å². The molecule has 1 aromatic rings. The van der Waals surface area contributed by atoms with Gasteiger partial charge in [-0.2, -0.15) is 0 Å². The largest absolute Gasteiger partial charge is 0.504 e.